The van der Waals surface area contributed by atoms with E-state index in [0.29, 0.717) is 6.54 Å². The summed E-state index contributed by atoms with van der Waals surface area (Å²) in [5, 5.41) is 12.3. The second-order valence-electron chi connectivity index (χ2n) is 5.33. The van der Waals surface area contributed by atoms with E-state index in [0.717, 1.165) is 29.8 Å². The molecule has 1 unspecified atom stereocenters. The Labute approximate surface area is 130 Å². The number of carbonyl (C=O) groups is 1. The lowest BCUT2D eigenvalue weighted by Gasteiger charge is -2.23. The highest BCUT2D eigenvalue weighted by Gasteiger charge is 2.26. The van der Waals surface area contributed by atoms with Crippen molar-refractivity contribution in [1.82, 2.24) is 0 Å². The molecule has 2 aromatic rings. The van der Waals surface area contributed by atoms with E-state index in [2.05, 4.69) is 11.4 Å². The monoisotopic (exact) mass is 291 g/mol. The van der Waals surface area contributed by atoms with Crippen molar-refractivity contribution in [3.63, 3.8) is 0 Å². The van der Waals surface area contributed by atoms with Crippen molar-refractivity contribution in [2.24, 2.45) is 0 Å². The topological polar surface area (TPSA) is 56.1 Å². The molecule has 2 amide bonds. The van der Waals surface area contributed by atoms with E-state index in [1.54, 1.807) is 4.90 Å². The minimum atomic E-state index is -0.155. The van der Waals surface area contributed by atoms with Gasteiger partial charge in [-0.25, -0.2) is 4.79 Å². The molecular formula is C18H17N3O. The number of carbonyl (C=O) groups excluding carboxylic acids is 1. The van der Waals surface area contributed by atoms with Gasteiger partial charge in [-0.2, -0.15) is 5.26 Å². The van der Waals surface area contributed by atoms with Crippen LogP contribution in [0, 0.1) is 11.3 Å². The molecule has 1 heterocycles. The molecule has 0 aliphatic carbocycles. The summed E-state index contributed by atoms with van der Waals surface area (Å²) in [5.74, 6) is -0.147. The van der Waals surface area contributed by atoms with E-state index >= 15 is 0 Å². The number of fused-ring (bicyclic) bond motifs is 1. The maximum atomic E-state index is 12.6. The number of rotatable bonds is 1. The van der Waals surface area contributed by atoms with Crippen LogP contribution in [0.1, 0.15) is 24.3 Å². The van der Waals surface area contributed by atoms with E-state index in [1.165, 1.54) is 0 Å². The predicted octanol–water partition coefficient (Wildman–Crippen LogP) is 4.13. The zero-order valence-electron chi connectivity index (χ0n) is 12.2. The van der Waals surface area contributed by atoms with Gasteiger partial charge in [0.2, 0.25) is 0 Å². The van der Waals surface area contributed by atoms with E-state index in [1.807, 2.05) is 54.6 Å². The fourth-order valence-electron chi connectivity index (χ4n) is 2.81. The minimum absolute atomic E-state index is 0.147. The molecule has 0 saturated heterocycles. The van der Waals surface area contributed by atoms with E-state index in [4.69, 9.17) is 0 Å². The summed E-state index contributed by atoms with van der Waals surface area (Å²) < 4.78 is 0. The molecule has 0 saturated carbocycles. The number of amides is 2. The lowest BCUT2D eigenvalue weighted by Crippen LogP contribution is -2.35. The Balaban J connectivity index is 1.90. The van der Waals surface area contributed by atoms with Crippen molar-refractivity contribution in [3.05, 3.63) is 60.2 Å². The van der Waals surface area contributed by atoms with Crippen LogP contribution in [0.15, 0.2) is 54.6 Å². The van der Waals surface area contributed by atoms with Crippen molar-refractivity contribution in [3.8, 4) is 6.07 Å². The van der Waals surface area contributed by atoms with Gasteiger partial charge in [0, 0.05) is 17.9 Å². The van der Waals surface area contributed by atoms with Crippen molar-refractivity contribution in [2.45, 2.75) is 18.8 Å². The zero-order valence-corrected chi connectivity index (χ0v) is 12.2. The highest BCUT2D eigenvalue weighted by molar-refractivity contribution is 6.02. The molecule has 0 bridgehead atoms. The Morgan fingerprint density at radius 3 is 2.64 bits per heavy atom. The molecule has 1 aliphatic heterocycles. The van der Waals surface area contributed by atoms with Gasteiger partial charge >= 0.3 is 6.03 Å². The summed E-state index contributed by atoms with van der Waals surface area (Å²) in [4.78, 5) is 14.3. The Morgan fingerprint density at radius 1 is 1.14 bits per heavy atom. The number of nitrogens with one attached hydrogen (secondary N) is 1. The summed E-state index contributed by atoms with van der Waals surface area (Å²) in [7, 11) is 0. The first-order chi connectivity index (χ1) is 10.8. The maximum Gasteiger partial charge on any atom is 0.326 e. The standard InChI is InChI=1S/C18H17N3O/c19-13-14-7-6-12-21(17-11-5-4-10-16(14)17)18(22)20-15-8-2-1-3-9-15/h1-5,8-11,14H,6-7,12H2,(H,20,22). The van der Waals surface area contributed by atoms with Crippen LogP contribution in [-0.2, 0) is 0 Å². The van der Waals surface area contributed by atoms with Gasteiger partial charge in [0.1, 0.15) is 0 Å². The van der Waals surface area contributed by atoms with Gasteiger partial charge in [0.15, 0.2) is 0 Å². The molecule has 4 heteroatoms. The third-order valence-corrected chi connectivity index (χ3v) is 3.90. The number of anilines is 2. The molecule has 4 nitrogen and oxygen atoms in total. The second kappa shape index (κ2) is 6.31. The van der Waals surface area contributed by atoms with Crippen LogP contribution in [0.5, 0.6) is 0 Å². The SMILES string of the molecule is N#CC1CCCN(C(=O)Nc2ccccc2)c2ccccc21. The molecule has 1 aliphatic rings. The average Bonchev–Trinajstić information content (AvgIpc) is 2.75. The van der Waals surface area contributed by atoms with Gasteiger partial charge in [0.05, 0.1) is 12.0 Å². The summed E-state index contributed by atoms with van der Waals surface area (Å²) in [5.41, 5.74) is 2.54. The Hall–Kier alpha value is -2.80. The number of nitrogens with zero attached hydrogens (tertiary/aromatic N) is 2. The molecule has 1 N–H and O–H groups in total. The molecule has 1 atom stereocenters. The number of benzene rings is 2. The summed E-state index contributed by atoms with van der Waals surface area (Å²) in [6, 6.07) is 19.3. The predicted molar refractivity (Wildman–Crippen MR) is 86.8 cm³/mol. The molecular weight excluding hydrogens is 274 g/mol. The van der Waals surface area contributed by atoms with Crippen LogP contribution < -0.4 is 10.2 Å². The first kappa shape index (κ1) is 14.2. The Kier molecular flexibility index (Phi) is 4.06. The van der Waals surface area contributed by atoms with Crippen molar-refractivity contribution in [1.29, 1.82) is 5.26 Å². The molecule has 22 heavy (non-hydrogen) atoms. The van der Waals surface area contributed by atoms with Crippen molar-refractivity contribution >= 4 is 17.4 Å². The van der Waals surface area contributed by atoms with Gasteiger partial charge in [-0.3, -0.25) is 4.90 Å². The largest absolute Gasteiger partial charge is 0.326 e. The third kappa shape index (κ3) is 2.79. The van der Waals surface area contributed by atoms with Gasteiger partial charge in [-0.1, -0.05) is 36.4 Å². The summed E-state index contributed by atoms with van der Waals surface area (Å²) in [6.45, 7) is 0.619. The lowest BCUT2D eigenvalue weighted by atomic mass is 9.96. The normalized spacial score (nSPS) is 17.0. The summed E-state index contributed by atoms with van der Waals surface area (Å²) in [6.07, 6.45) is 1.59. The highest BCUT2D eigenvalue weighted by atomic mass is 16.2. The fraction of sp³-hybridized carbons (Fsp3) is 0.222. The second-order valence-corrected chi connectivity index (χ2v) is 5.33. The Morgan fingerprint density at radius 2 is 1.86 bits per heavy atom. The molecule has 0 radical (unpaired) electrons. The number of para-hydroxylation sites is 2. The summed E-state index contributed by atoms with van der Waals surface area (Å²) >= 11 is 0. The smallest absolute Gasteiger partial charge is 0.308 e. The Bertz CT molecular complexity index is 706. The van der Waals surface area contributed by atoms with Crippen molar-refractivity contribution in [2.75, 3.05) is 16.8 Å². The number of urea groups is 1. The van der Waals surface area contributed by atoms with Crippen LogP contribution >= 0.6 is 0 Å². The van der Waals surface area contributed by atoms with E-state index < -0.39 is 0 Å². The molecule has 0 fully saturated rings. The molecule has 0 spiro atoms. The molecule has 110 valence electrons. The van der Waals surface area contributed by atoms with Crippen LogP contribution in [0.2, 0.25) is 0 Å². The highest BCUT2D eigenvalue weighted by Crippen LogP contribution is 2.34. The van der Waals surface area contributed by atoms with Crippen LogP contribution in [0.25, 0.3) is 0 Å². The van der Waals surface area contributed by atoms with Crippen molar-refractivity contribution < 1.29 is 4.79 Å². The first-order valence-electron chi connectivity index (χ1n) is 7.41. The number of hydrogen-bond donors (Lipinski definition) is 1. The van der Waals surface area contributed by atoms with Gasteiger partial charge in [-0.15, -0.1) is 0 Å². The first-order valence-corrected chi connectivity index (χ1v) is 7.41. The van der Waals surface area contributed by atoms with E-state index in [-0.39, 0.29) is 11.9 Å². The van der Waals surface area contributed by atoms with Gasteiger partial charge < -0.3 is 5.32 Å². The lowest BCUT2D eigenvalue weighted by molar-refractivity contribution is 0.257. The minimum Gasteiger partial charge on any atom is -0.308 e. The third-order valence-electron chi connectivity index (χ3n) is 3.90. The number of hydrogen-bond acceptors (Lipinski definition) is 2. The zero-order chi connectivity index (χ0) is 15.4. The molecule has 0 aromatic heterocycles. The molecule has 3 rings (SSSR count). The number of nitriles is 1. The molecule has 2 aromatic carbocycles. The fourth-order valence-corrected chi connectivity index (χ4v) is 2.81. The van der Waals surface area contributed by atoms with Gasteiger partial charge in [0.25, 0.3) is 0 Å². The van der Waals surface area contributed by atoms with Crippen LogP contribution in [0.4, 0.5) is 16.2 Å². The van der Waals surface area contributed by atoms with Crippen LogP contribution in [-0.4, -0.2) is 12.6 Å². The maximum absolute atomic E-state index is 12.6. The quantitative estimate of drug-likeness (QED) is 0.859. The van der Waals surface area contributed by atoms with Crippen LogP contribution in [0.3, 0.4) is 0 Å². The average molecular weight is 291 g/mol. The van der Waals surface area contributed by atoms with Gasteiger partial charge in [-0.05, 0) is 36.6 Å². The van der Waals surface area contributed by atoms with E-state index in [9.17, 15) is 10.1 Å².